The fourth-order valence-electron chi connectivity index (χ4n) is 2.97. The minimum atomic E-state index is -0.381. The molecule has 0 N–H and O–H groups in total. The molecule has 4 nitrogen and oxygen atoms in total. The van der Waals surface area contributed by atoms with E-state index in [9.17, 15) is 9.18 Å². The lowest BCUT2D eigenvalue weighted by molar-refractivity contribution is -0.118. The molecule has 0 spiro atoms. The molecule has 2 aromatic carbocycles. The Morgan fingerprint density at radius 3 is 2.87 bits per heavy atom. The summed E-state index contributed by atoms with van der Waals surface area (Å²) in [5, 5.41) is 0. The van der Waals surface area contributed by atoms with E-state index in [0.717, 1.165) is 11.0 Å². The molecule has 1 aromatic heterocycles. The van der Waals surface area contributed by atoms with E-state index in [4.69, 9.17) is 0 Å². The number of aromatic nitrogens is 2. The Hall–Kier alpha value is -2.21. The average molecular weight is 374 g/mol. The molecule has 116 valence electrons. The maximum absolute atomic E-state index is 14.1. The summed E-state index contributed by atoms with van der Waals surface area (Å²) in [4.78, 5) is 18.8. The van der Waals surface area contributed by atoms with Gasteiger partial charge in [-0.1, -0.05) is 24.3 Å². The summed E-state index contributed by atoms with van der Waals surface area (Å²) >= 11 is 3.15. The van der Waals surface area contributed by atoms with Gasteiger partial charge in [0.05, 0.1) is 21.9 Å². The number of anilines is 1. The fourth-order valence-corrected chi connectivity index (χ4v) is 3.38. The summed E-state index contributed by atoms with van der Waals surface area (Å²) in [6.07, 6.45) is 0.0223. The van der Waals surface area contributed by atoms with Gasteiger partial charge < -0.3 is 4.57 Å². The van der Waals surface area contributed by atoms with E-state index in [2.05, 4.69) is 20.9 Å². The number of nitrogens with zero attached hydrogens (tertiary/aromatic N) is 3. The van der Waals surface area contributed by atoms with Crippen LogP contribution in [0.5, 0.6) is 0 Å². The highest BCUT2D eigenvalue weighted by molar-refractivity contribution is 9.10. The Bertz CT molecular complexity index is 921. The molecule has 0 saturated heterocycles. The molecular formula is C17H13BrFN3O. The molecule has 0 radical (unpaired) electrons. The largest absolute Gasteiger partial charge is 0.308 e. The fraction of sp³-hybridized carbons (Fsp3) is 0.176. The van der Waals surface area contributed by atoms with E-state index >= 15 is 0 Å². The van der Waals surface area contributed by atoms with Crippen LogP contribution in [0.4, 0.5) is 10.3 Å². The molecule has 0 atom stereocenters. The van der Waals surface area contributed by atoms with Gasteiger partial charge in [-0.2, -0.15) is 0 Å². The molecule has 2 heterocycles. The summed E-state index contributed by atoms with van der Waals surface area (Å²) < 4.78 is 16.5. The van der Waals surface area contributed by atoms with Crippen LogP contribution < -0.4 is 4.90 Å². The summed E-state index contributed by atoms with van der Waals surface area (Å²) in [5.41, 5.74) is 2.28. The van der Waals surface area contributed by atoms with Gasteiger partial charge in [0.2, 0.25) is 11.9 Å². The van der Waals surface area contributed by atoms with Gasteiger partial charge >= 0.3 is 0 Å². The minimum absolute atomic E-state index is 0.0223. The van der Waals surface area contributed by atoms with Crippen molar-refractivity contribution in [2.75, 3.05) is 11.4 Å². The van der Waals surface area contributed by atoms with Crippen LogP contribution in [0.25, 0.3) is 11.0 Å². The SMILES string of the molecule is O=C(Cc1cccc(Br)c1F)N1CCn2c1nc1ccccc12. The highest BCUT2D eigenvalue weighted by Gasteiger charge is 2.28. The quantitative estimate of drug-likeness (QED) is 0.689. The normalized spacial score (nSPS) is 13.6. The van der Waals surface area contributed by atoms with Crippen molar-refractivity contribution in [2.45, 2.75) is 13.0 Å². The van der Waals surface area contributed by atoms with Gasteiger partial charge in [-0.05, 0) is 39.7 Å². The lowest BCUT2D eigenvalue weighted by atomic mass is 10.1. The number of amides is 1. The number of halogens is 2. The van der Waals surface area contributed by atoms with Crippen LogP contribution in [0.1, 0.15) is 5.56 Å². The molecule has 1 aliphatic heterocycles. The van der Waals surface area contributed by atoms with E-state index < -0.39 is 0 Å². The van der Waals surface area contributed by atoms with Crippen LogP contribution in [-0.4, -0.2) is 22.0 Å². The molecule has 6 heteroatoms. The third-order valence-corrected chi connectivity index (χ3v) is 4.71. The van der Waals surface area contributed by atoms with Crippen molar-refractivity contribution < 1.29 is 9.18 Å². The second-order valence-corrected chi connectivity index (χ2v) is 6.34. The van der Waals surface area contributed by atoms with E-state index in [1.807, 2.05) is 28.8 Å². The average Bonchev–Trinajstić information content (AvgIpc) is 3.10. The predicted molar refractivity (Wildman–Crippen MR) is 89.9 cm³/mol. The number of carbonyl (C=O) groups is 1. The lowest BCUT2D eigenvalue weighted by Gasteiger charge is -2.14. The Morgan fingerprint density at radius 2 is 2.00 bits per heavy atom. The number of carbonyl (C=O) groups excluding carboxylic acids is 1. The number of rotatable bonds is 2. The lowest BCUT2D eigenvalue weighted by Crippen LogP contribution is -2.31. The summed E-state index contributed by atoms with van der Waals surface area (Å²) in [6.45, 7) is 1.28. The second kappa shape index (κ2) is 5.45. The zero-order valence-electron chi connectivity index (χ0n) is 12.2. The highest BCUT2D eigenvalue weighted by Crippen LogP contribution is 2.28. The van der Waals surface area contributed by atoms with Crippen molar-refractivity contribution in [3.8, 4) is 0 Å². The van der Waals surface area contributed by atoms with Gasteiger partial charge in [0.15, 0.2) is 0 Å². The standard InChI is InChI=1S/C17H13BrFN3O/c18-12-5-3-4-11(16(12)19)10-15(23)22-9-8-21-14-7-2-1-6-13(14)20-17(21)22/h1-7H,8-10H2. The molecule has 0 bridgehead atoms. The molecule has 3 aromatic rings. The van der Waals surface area contributed by atoms with Crippen LogP contribution in [0.2, 0.25) is 0 Å². The van der Waals surface area contributed by atoms with Gasteiger partial charge in [0.1, 0.15) is 5.82 Å². The topological polar surface area (TPSA) is 38.1 Å². The zero-order chi connectivity index (χ0) is 16.0. The smallest absolute Gasteiger partial charge is 0.233 e. The summed E-state index contributed by atoms with van der Waals surface area (Å²) in [5.74, 6) is 0.121. The Kier molecular flexibility index (Phi) is 3.41. The molecule has 1 amide bonds. The number of imidazole rings is 1. The van der Waals surface area contributed by atoms with Crippen molar-refractivity contribution in [3.05, 3.63) is 58.3 Å². The van der Waals surface area contributed by atoms with Gasteiger partial charge in [0, 0.05) is 13.1 Å². The van der Waals surface area contributed by atoms with Crippen LogP contribution in [0.15, 0.2) is 46.9 Å². The number of hydrogen-bond acceptors (Lipinski definition) is 2. The molecule has 0 aliphatic carbocycles. The van der Waals surface area contributed by atoms with Gasteiger partial charge in [-0.15, -0.1) is 0 Å². The predicted octanol–water partition coefficient (Wildman–Crippen LogP) is 3.53. The number of para-hydroxylation sites is 2. The van der Waals surface area contributed by atoms with Crippen LogP contribution in [0.3, 0.4) is 0 Å². The molecule has 0 saturated carbocycles. The minimum Gasteiger partial charge on any atom is -0.308 e. The van der Waals surface area contributed by atoms with Crippen molar-refractivity contribution in [1.82, 2.24) is 9.55 Å². The first-order valence-electron chi connectivity index (χ1n) is 7.33. The maximum Gasteiger partial charge on any atom is 0.233 e. The third-order valence-electron chi connectivity index (χ3n) is 4.10. The van der Waals surface area contributed by atoms with E-state index in [-0.39, 0.29) is 18.1 Å². The van der Waals surface area contributed by atoms with Crippen molar-refractivity contribution in [3.63, 3.8) is 0 Å². The first-order chi connectivity index (χ1) is 11.1. The summed E-state index contributed by atoms with van der Waals surface area (Å²) in [7, 11) is 0. The number of fused-ring (bicyclic) bond motifs is 3. The van der Waals surface area contributed by atoms with Crippen molar-refractivity contribution in [2.24, 2.45) is 0 Å². The molecule has 4 rings (SSSR count). The van der Waals surface area contributed by atoms with Gasteiger partial charge in [0.25, 0.3) is 0 Å². The number of hydrogen-bond donors (Lipinski definition) is 0. The van der Waals surface area contributed by atoms with Crippen molar-refractivity contribution in [1.29, 1.82) is 0 Å². The first kappa shape index (κ1) is 14.4. The zero-order valence-corrected chi connectivity index (χ0v) is 13.8. The van der Waals surface area contributed by atoms with Crippen LogP contribution >= 0.6 is 15.9 Å². The second-order valence-electron chi connectivity index (χ2n) is 5.49. The summed E-state index contributed by atoms with van der Waals surface area (Å²) in [6, 6.07) is 12.8. The van der Waals surface area contributed by atoms with Gasteiger partial charge in [-0.25, -0.2) is 9.37 Å². The number of benzene rings is 2. The first-order valence-corrected chi connectivity index (χ1v) is 8.13. The van der Waals surface area contributed by atoms with E-state index in [1.165, 1.54) is 0 Å². The maximum atomic E-state index is 14.1. The third kappa shape index (κ3) is 2.34. The van der Waals surface area contributed by atoms with Crippen LogP contribution in [-0.2, 0) is 17.8 Å². The molecular weight excluding hydrogens is 361 g/mol. The monoisotopic (exact) mass is 373 g/mol. The Morgan fingerprint density at radius 1 is 1.17 bits per heavy atom. The Balaban J connectivity index is 1.65. The van der Waals surface area contributed by atoms with E-state index in [0.29, 0.717) is 29.1 Å². The molecule has 0 fully saturated rings. The highest BCUT2D eigenvalue weighted by atomic mass is 79.9. The van der Waals surface area contributed by atoms with Crippen molar-refractivity contribution >= 4 is 38.8 Å². The molecule has 1 aliphatic rings. The molecule has 23 heavy (non-hydrogen) atoms. The Labute approximate surface area is 140 Å². The molecule has 0 unspecified atom stereocenters. The van der Waals surface area contributed by atoms with Gasteiger partial charge in [-0.3, -0.25) is 9.69 Å². The van der Waals surface area contributed by atoms with E-state index in [1.54, 1.807) is 23.1 Å². The van der Waals surface area contributed by atoms with Crippen LogP contribution in [0, 0.1) is 5.82 Å².